The molecular formula is C19H39ClN4O. The lowest BCUT2D eigenvalue weighted by Gasteiger charge is -2.35. The van der Waals surface area contributed by atoms with Gasteiger partial charge in [0.2, 0.25) is 5.91 Å². The molecule has 0 saturated carbocycles. The number of hydrogen-bond donors (Lipinski definition) is 2. The standard InChI is InChI=1S/C19H38N4O.ClH/c1-19(2,15-22(3)4)14-21-18(24)17-7-10-23(11-8-17)13-16-6-5-9-20-12-16;/h16-17,20H,5-15H2,1-4H3,(H,21,24);1H. The number of likely N-dealkylation sites (tertiary alicyclic amines) is 1. The van der Waals surface area contributed by atoms with Crippen LogP contribution in [0.2, 0.25) is 0 Å². The van der Waals surface area contributed by atoms with Crippen molar-refractivity contribution in [2.75, 3.05) is 59.9 Å². The second-order valence-electron chi connectivity index (χ2n) is 8.91. The summed E-state index contributed by atoms with van der Waals surface area (Å²) in [6.45, 7) is 11.9. The molecule has 0 spiro atoms. The maximum absolute atomic E-state index is 12.5. The first-order valence-corrected chi connectivity index (χ1v) is 9.71. The normalized spacial score (nSPS) is 23.3. The number of nitrogens with one attached hydrogen (secondary N) is 2. The molecule has 1 atom stereocenters. The van der Waals surface area contributed by atoms with Crippen LogP contribution in [0.5, 0.6) is 0 Å². The number of piperidine rings is 2. The summed E-state index contributed by atoms with van der Waals surface area (Å²) >= 11 is 0. The first-order chi connectivity index (χ1) is 11.4. The summed E-state index contributed by atoms with van der Waals surface area (Å²) in [6, 6.07) is 0. The Kier molecular flexibility index (Phi) is 9.71. The fraction of sp³-hybridized carbons (Fsp3) is 0.947. The number of halogens is 1. The summed E-state index contributed by atoms with van der Waals surface area (Å²) in [6.07, 6.45) is 4.70. The highest BCUT2D eigenvalue weighted by Crippen LogP contribution is 2.21. The first-order valence-electron chi connectivity index (χ1n) is 9.71. The second-order valence-corrected chi connectivity index (χ2v) is 8.91. The summed E-state index contributed by atoms with van der Waals surface area (Å²) in [5.41, 5.74) is 0.119. The van der Waals surface area contributed by atoms with Crippen LogP contribution < -0.4 is 10.6 Å². The van der Waals surface area contributed by atoms with Crippen molar-refractivity contribution in [3.8, 4) is 0 Å². The van der Waals surface area contributed by atoms with Gasteiger partial charge >= 0.3 is 0 Å². The van der Waals surface area contributed by atoms with Crippen molar-refractivity contribution in [3.05, 3.63) is 0 Å². The van der Waals surface area contributed by atoms with Gasteiger partial charge in [-0.25, -0.2) is 0 Å². The molecule has 0 aromatic heterocycles. The van der Waals surface area contributed by atoms with Gasteiger partial charge in [0.25, 0.3) is 0 Å². The molecule has 0 radical (unpaired) electrons. The molecule has 1 amide bonds. The van der Waals surface area contributed by atoms with Crippen LogP contribution in [0.4, 0.5) is 0 Å². The van der Waals surface area contributed by atoms with Crippen molar-refractivity contribution in [1.29, 1.82) is 0 Å². The monoisotopic (exact) mass is 374 g/mol. The van der Waals surface area contributed by atoms with Gasteiger partial charge in [0, 0.05) is 25.6 Å². The van der Waals surface area contributed by atoms with Crippen molar-refractivity contribution in [1.82, 2.24) is 20.4 Å². The van der Waals surface area contributed by atoms with Gasteiger partial charge in [0.1, 0.15) is 0 Å². The molecule has 2 heterocycles. The zero-order valence-electron chi connectivity index (χ0n) is 16.6. The Labute approximate surface area is 160 Å². The molecule has 2 aliphatic rings. The molecule has 2 saturated heterocycles. The number of carbonyl (C=O) groups is 1. The molecule has 148 valence electrons. The average molecular weight is 375 g/mol. The van der Waals surface area contributed by atoms with E-state index in [9.17, 15) is 4.79 Å². The number of carbonyl (C=O) groups excluding carboxylic acids is 1. The van der Waals surface area contributed by atoms with Gasteiger partial charge in [0.05, 0.1) is 0 Å². The van der Waals surface area contributed by atoms with Gasteiger partial charge in [-0.1, -0.05) is 13.8 Å². The Morgan fingerprint density at radius 1 is 1.24 bits per heavy atom. The summed E-state index contributed by atoms with van der Waals surface area (Å²) in [5.74, 6) is 1.28. The lowest BCUT2D eigenvalue weighted by Crippen LogP contribution is -2.46. The SMILES string of the molecule is CN(C)CC(C)(C)CNC(=O)C1CCN(CC2CCCNC2)CC1.Cl. The van der Waals surface area contributed by atoms with E-state index in [-0.39, 0.29) is 29.6 Å². The molecular weight excluding hydrogens is 336 g/mol. The molecule has 2 aliphatic heterocycles. The lowest BCUT2D eigenvalue weighted by atomic mass is 9.91. The van der Waals surface area contributed by atoms with E-state index in [4.69, 9.17) is 0 Å². The van der Waals surface area contributed by atoms with Crippen LogP contribution in [-0.4, -0.2) is 75.6 Å². The second kappa shape index (κ2) is 10.7. The quantitative estimate of drug-likeness (QED) is 0.713. The lowest BCUT2D eigenvalue weighted by molar-refractivity contribution is -0.127. The van der Waals surface area contributed by atoms with E-state index in [1.165, 1.54) is 32.5 Å². The predicted octanol–water partition coefficient (Wildman–Crippen LogP) is 1.82. The topological polar surface area (TPSA) is 47.6 Å². The van der Waals surface area contributed by atoms with E-state index in [2.05, 4.69) is 48.4 Å². The largest absolute Gasteiger partial charge is 0.355 e. The minimum atomic E-state index is 0. The molecule has 0 aromatic carbocycles. The van der Waals surface area contributed by atoms with Crippen LogP contribution in [0.15, 0.2) is 0 Å². The third-order valence-corrected chi connectivity index (χ3v) is 5.36. The van der Waals surface area contributed by atoms with E-state index in [0.29, 0.717) is 0 Å². The zero-order chi connectivity index (χ0) is 17.6. The number of amides is 1. The third kappa shape index (κ3) is 8.25. The Bertz CT molecular complexity index is 389. The number of nitrogens with zero attached hydrogens (tertiary/aromatic N) is 2. The van der Waals surface area contributed by atoms with Crippen LogP contribution in [-0.2, 0) is 4.79 Å². The van der Waals surface area contributed by atoms with Gasteiger partial charge in [-0.15, -0.1) is 12.4 Å². The molecule has 1 unspecified atom stereocenters. The molecule has 6 heteroatoms. The van der Waals surface area contributed by atoms with Crippen molar-refractivity contribution in [2.24, 2.45) is 17.3 Å². The van der Waals surface area contributed by atoms with Crippen LogP contribution >= 0.6 is 12.4 Å². The molecule has 5 nitrogen and oxygen atoms in total. The summed E-state index contributed by atoms with van der Waals surface area (Å²) in [5, 5.41) is 6.70. The molecule has 0 aromatic rings. The van der Waals surface area contributed by atoms with Crippen molar-refractivity contribution < 1.29 is 4.79 Å². The average Bonchev–Trinajstić information content (AvgIpc) is 2.53. The summed E-state index contributed by atoms with van der Waals surface area (Å²) < 4.78 is 0. The first kappa shape index (κ1) is 22.7. The Morgan fingerprint density at radius 3 is 2.48 bits per heavy atom. The number of hydrogen-bond acceptors (Lipinski definition) is 4. The van der Waals surface area contributed by atoms with Crippen molar-refractivity contribution in [2.45, 2.75) is 39.5 Å². The van der Waals surface area contributed by atoms with Crippen LogP contribution in [0.25, 0.3) is 0 Å². The maximum Gasteiger partial charge on any atom is 0.223 e. The fourth-order valence-corrected chi connectivity index (χ4v) is 4.21. The van der Waals surface area contributed by atoms with Crippen LogP contribution in [0, 0.1) is 17.3 Å². The van der Waals surface area contributed by atoms with Gasteiger partial charge in [-0.05, 0) is 77.3 Å². The summed E-state index contributed by atoms with van der Waals surface area (Å²) in [4.78, 5) is 17.2. The highest BCUT2D eigenvalue weighted by Gasteiger charge is 2.28. The fourth-order valence-electron chi connectivity index (χ4n) is 4.21. The van der Waals surface area contributed by atoms with E-state index in [1.54, 1.807) is 0 Å². The Morgan fingerprint density at radius 2 is 1.92 bits per heavy atom. The zero-order valence-corrected chi connectivity index (χ0v) is 17.5. The van der Waals surface area contributed by atoms with Gasteiger partial charge in [-0.2, -0.15) is 0 Å². The Hall–Kier alpha value is -0.360. The third-order valence-electron chi connectivity index (χ3n) is 5.36. The highest BCUT2D eigenvalue weighted by atomic mass is 35.5. The Balaban J connectivity index is 0.00000312. The van der Waals surface area contributed by atoms with E-state index in [0.717, 1.165) is 44.9 Å². The van der Waals surface area contributed by atoms with E-state index in [1.807, 2.05) is 0 Å². The smallest absolute Gasteiger partial charge is 0.223 e. The maximum atomic E-state index is 12.5. The summed E-state index contributed by atoms with van der Waals surface area (Å²) in [7, 11) is 4.17. The van der Waals surface area contributed by atoms with Gasteiger partial charge in [0.15, 0.2) is 0 Å². The molecule has 0 aliphatic carbocycles. The minimum Gasteiger partial charge on any atom is -0.355 e. The molecule has 0 bridgehead atoms. The molecule has 2 rings (SSSR count). The van der Waals surface area contributed by atoms with Gasteiger partial charge < -0.3 is 20.4 Å². The van der Waals surface area contributed by atoms with Gasteiger partial charge in [-0.3, -0.25) is 4.79 Å². The van der Waals surface area contributed by atoms with Crippen molar-refractivity contribution in [3.63, 3.8) is 0 Å². The minimum absolute atomic E-state index is 0. The molecule has 2 N–H and O–H groups in total. The van der Waals surface area contributed by atoms with E-state index < -0.39 is 0 Å². The van der Waals surface area contributed by atoms with Crippen molar-refractivity contribution >= 4 is 18.3 Å². The van der Waals surface area contributed by atoms with Crippen LogP contribution in [0.1, 0.15) is 39.5 Å². The van der Waals surface area contributed by atoms with Crippen LogP contribution in [0.3, 0.4) is 0 Å². The highest BCUT2D eigenvalue weighted by molar-refractivity contribution is 5.85. The predicted molar refractivity (Wildman–Crippen MR) is 107 cm³/mol. The molecule has 25 heavy (non-hydrogen) atoms. The molecule has 2 fully saturated rings. The number of rotatable bonds is 7. The van der Waals surface area contributed by atoms with E-state index >= 15 is 0 Å².